The van der Waals surface area contributed by atoms with Gasteiger partial charge in [0.2, 0.25) is 0 Å². The molecule has 4 heteroatoms. The lowest BCUT2D eigenvalue weighted by molar-refractivity contribution is -0.141. The minimum Gasteiger partial charge on any atom is -0.481 e. The predicted octanol–water partition coefficient (Wildman–Crippen LogP) is 1.50. The summed E-state index contributed by atoms with van der Waals surface area (Å²) in [7, 11) is 0. The maximum atomic E-state index is 10.9. The second kappa shape index (κ2) is 5.14. The summed E-state index contributed by atoms with van der Waals surface area (Å²) in [6, 6.07) is 9.84. The summed E-state index contributed by atoms with van der Waals surface area (Å²) in [6.07, 6.45) is 0. The number of halogens is 1. The Bertz CT molecular complexity index is 329. The fraction of sp³-hybridized carbons (Fsp3) is 0.364. The summed E-state index contributed by atoms with van der Waals surface area (Å²) in [4.78, 5) is 10.9. The molecule has 1 saturated heterocycles. The zero-order valence-electron chi connectivity index (χ0n) is 8.22. The van der Waals surface area contributed by atoms with Crippen molar-refractivity contribution in [1.82, 2.24) is 5.32 Å². The van der Waals surface area contributed by atoms with Crippen molar-refractivity contribution in [2.75, 3.05) is 13.1 Å². The van der Waals surface area contributed by atoms with E-state index in [9.17, 15) is 4.79 Å². The standard InChI is InChI=1S/C11H13NO2.ClH/c13-11(14)10-7-12-6-9(10)8-4-2-1-3-5-8;/h1-5,9-10,12H,6-7H2,(H,13,14);1H/t9-,10-;/m1./s1. The van der Waals surface area contributed by atoms with E-state index in [1.54, 1.807) is 0 Å². The van der Waals surface area contributed by atoms with Crippen molar-refractivity contribution < 1.29 is 9.90 Å². The number of aliphatic carboxylic acids is 1. The van der Waals surface area contributed by atoms with Crippen LogP contribution in [0.4, 0.5) is 0 Å². The van der Waals surface area contributed by atoms with Gasteiger partial charge in [-0.25, -0.2) is 0 Å². The Morgan fingerprint density at radius 2 is 1.93 bits per heavy atom. The second-order valence-electron chi connectivity index (χ2n) is 3.62. The lowest BCUT2D eigenvalue weighted by atomic mass is 9.89. The van der Waals surface area contributed by atoms with Crippen LogP contribution in [0.15, 0.2) is 30.3 Å². The third kappa shape index (κ3) is 2.49. The number of carboxylic acids is 1. The Labute approximate surface area is 94.9 Å². The Morgan fingerprint density at radius 3 is 2.53 bits per heavy atom. The fourth-order valence-corrected chi connectivity index (χ4v) is 1.99. The SMILES string of the molecule is Cl.O=C(O)[C@@H]1CNC[C@@H]1c1ccccc1. The van der Waals surface area contributed by atoms with Gasteiger partial charge in [0, 0.05) is 19.0 Å². The largest absolute Gasteiger partial charge is 0.481 e. The van der Waals surface area contributed by atoms with E-state index in [-0.39, 0.29) is 24.2 Å². The molecule has 1 aliphatic rings. The molecule has 1 heterocycles. The summed E-state index contributed by atoms with van der Waals surface area (Å²) in [5, 5.41) is 12.1. The van der Waals surface area contributed by atoms with Crippen molar-refractivity contribution in [1.29, 1.82) is 0 Å². The quantitative estimate of drug-likeness (QED) is 0.805. The van der Waals surface area contributed by atoms with Gasteiger partial charge < -0.3 is 10.4 Å². The molecule has 0 spiro atoms. The van der Waals surface area contributed by atoms with Crippen LogP contribution in [0, 0.1) is 5.92 Å². The highest BCUT2D eigenvalue weighted by Crippen LogP contribution is 2.27. The van der Waals surface area contributed by atoms with Crippen molar-refractivity contribution >= 4 is 18.4 Å². The third-order valence-corrected chi connectivity index (χ3v) is 2.76. The minimum atomic E-state index is -0.705. The van der Waals surface area contributed by atoms with Gasteiger partial charge in [-0.3, -0.25) is 4.79 Å². The van der Waals surface area contributed by atoms with Crippen LogP contribution in [0.2, 0.25) is 0 Å². The average molecular weight is 228 g/mol. The van der Waals surface area contributed by atoms with E-state index >= 15 is 0 Å². The molecule has 0 bridgehead atoms. The summed E-state index contributed by atoms with van der Waals surface area (Å²) >= 11 is 0. The first-order valence-corrected chi connectivity index (χ1v) is 4.77. The molecule has 2 atom stereocenters. The van der Waals surface area contributed by atoms with E-state index in [1.165, 1.54) is 0 Å². The first kappa shape index (κ1) is 12.0. The van der Waals surface area contributed by atoms with E-state index in [0.29, 0.717) is 6.54 Å². The maximum Gasteiger partial charge on any atom is 0.308 e. The van der Waals surface area contributed by atoms with Crippen molar-refractivity contribution in [2.45, 2.75) is 5.92 Å². The topological polar surface area (TPSA) is 49.3 Å². The number of carbonyl (C=O) groups is 1. The molecule has 0 aromatic heterocycles. The van der Waals surface area contributed by atoms with Gasteiger partial charge in [-0.1, -0.05) is 30.3 Å². The molecular formula is C11H14ClNO2. The van der Waals surface area contributed by atoms with Gasteiger partial charge in [0.1, 0.15) is 0 Å². The highest BCUT2D eigenvalue weighted by molar-refractivity contribution is 5.85. The summed E-state index contributed by atoms with van der Waals surface area (Å²) in [5.41, 5.74) is 1.12. The first-order chi connectivity index (χ1) is 6.79. The summed E-state index contributed by atoms with van der Waals surface area (Å²) in [6.45, 7) is 1.34. The van der Waals surface area contributed by atoms with E-state index in [4.69, 9.17) is 5.11 Å². The van der Waals surface area contributed by atoms with E-state index < -0.39 is 5.97 Å². The van der Waals surface area contributed by atoms with Gasteiger partial charge in [-0.2, -0.15) is 0 Å². The van der Waals surface area contributed by atoms with Crippen LogP contribution < -0.4 is 5.32 Å². The average Bonchev–Trinajstić information content (AvgIpc) is 2.67. The molecule has 0 amide bonds. The molecule has 3 nitrogen and oxygen atoms in total. The van der Waals surface area contributed by atoms with E-state index in [1.807, 2.05) is 30.3 Å². The van der Waals surface area contributed by atoms with Crippen LogP contribution in [-0.2, 0) is 4.79 Å². The molecule has 0 saturated carbocycles. The van der Waals surface area contributed by atoms with Gasteiger partial charge in [0.05, 0.1) is 5.92 Å². The van der Waals surface area contributed by atoms with Gasteiger partial charge in [-0.05, 0) is 5.56 Å². The zero-order chi connectivity index (χ0) is 9.97. The Balaban J connectivity index is 0.00000112. The molecule has 1 aromatic carbocycles. The molecule has 2 N–H and O–H groups in total. The van der Waals surface area contributed by atoms with Gasteiger partial charge in [0.25, 0.3) is 0 Å². The Hall–Kier alpha value is -1.06. The molecule has 1 aliphatic heterocycles. The third-order valence-electron chi connectivity index (χ3n) is 2.76. The van der Waals surface area contributed by atoms with Crippen molar-refractivity contribution in [2.24, 2.45) is 5.92 Å². The number of rotatable bonds is 2. The van der Waals surface area contributed by atoms with Crippen LogP contribution in [0.5, 0.6) is 0 Å². The molecule has 1 fully saturated rings. The monoisotopic (exact) mass is 227 g/mol. The lowest BCUT2D eigenvalue weighted by Crippen LogP contribution is -2.20. The van der Waals surface area contributed by atoms with E-state index in [2.05, 4.69) is 5.32 Å². The van der Waals surface area contributed by atoms with Crippen molar-refractivity contribution in [3.8, 4) is 0 Å². The number of nitrogens with one attached hydrogen (secondary N) is 1. The maximum absolute atomic E-state index is 10.9. The van der Waals surface area contributed by atoms with Gasteiger partial charge in [-0.15, -0.1) is 12.4 Å². The van der Waals surface area contributed by atoms with E-state index in [0.717, 1.165) is 12.1 Å². The van der Waals surface area contributed by atoms with Gasteiger partial charge in [0.15, 0.2) is 0 Å². The number of carboxylic acid groups (broad SMARTS) is 1. The Morgan fingerprint density at radius 1 is 1.27 bits per heavy atom. The fourth-order valence-electron chi connectivity index (χ4n) is 1.99. The molecule has 2 rings (SSSR count). The van der Waals surface area contributed by atoms with Crippen molar-refractivity contribution in [3.63, 3.8) is 0 Å². The molecule has 1 aromatic rings. The lowest BCUT2D eigenvalue weighted by Gasteiger charge is -2.14. The molecule has 0 radical (unpaired) electrons. The Kier molecular flexibility index (Phi) is 4.12. The molecule has 0 unspecified atom stereocenters. The summed E-state index contributed by atoms with van der Waals surface area (Å²) < 4.78 is 0. The molecular weight excluding hydrogens is 214 g/mol. The van der Waals surface area contributed by atoms with Crippen LogP contribution in [0.1, 0.15) is 11.5 Å². The minimum absolute atomic E-state index is 0. The van der Waals surface area contributed by atoms with Crippen LogP contribution in [0.3, 0.4) is 0 Å². The molecule has 82 valence electrons. The van der Waals surface area contributed by atoms with Gasteiger partial charge >= 0.3 is 5.97 Å². The predicted molar refractivity (Wildman–Crippen MR) is 60.4 cm³/mol. The molecule has 0 aliphatic carbocycles. The van der Waals surface area contributed by atoms with Crippen LogP contribution in [-0.4, -0.2) is 24.2 Å². The normalized spacial score (nSPS) is 24.5. The van der Waals surface area contributed by atoms with Crippen LogP contribution >= 0.6 is 12.4 Å². The van der Waals surface area contributed by atoms with Crippen LogP contribution in [0.25, 0.3) is 0 Å². The number of hydrogen-bond acceptors (Lipinski definition) is 2. The molecule has 15 heavy (non-hydrogen) atoms. The number of benzene rings is 1. The highest BCUT2D eigenvalue weighted by atomic mass is 35.5. The summed E-state index contributed by atoms with van der Waals surface area (Å²) in [5.74, 6) is -0.866. The number of hydrogen-bond donors (Lipinski definition) is 2. The smallest absolute Gasteiger partial charge is 0.308 e. The second-order valence-corrected chi connectivity index (χ2v) is 3.62. The first-order valence-electron chi connectivity index (χ1n) is 4.77. The van der Waals surface area contributed by atoms with Crippen molar-refractivity contribution in [3.05, 3.63) is 35.9 Å². The zero-order valence-corrected chi connectivity index (χ0v) is 9.04. The highest BCUT2D eigenvalue weighted by Gasteiger charge is 2.33.